The van der Waals surface area contributed by atoms with E-state index in [1.807, 2.05) is 81.4 Å². The summed E-state index contributed by atoms with van der Waals surface area (Å²) in [5.41, 5.74) is 1.92. The molecule has 4 aromatic rings. The van der Waals surface area contributed by atoms with Gasteiger partial charge in [-0.2, -0.15) is 0 Å². The third-order valence-corrected chi connectivity index (χ3v) is 7.20. The molecule has 1 aliphatic rings. The molecule has 212 valence electrons. The van der Waals surface area contributed by atoms with E-state index in [2.05, 4.69) is 6.07 Å². The summed E-state index contributed by atoms with van der Waals surface area (Å²) >= 11 is 0. The summed E-state index contributed by atoms with van der Waals surface area (Å²) in [6.07, 6.45) is -0.304. The van der Waals surface area contributed by atoms with Crippen molar-refractivity contribution in [2.45, 2.75) is 51.4 Å². The number of benzene rings is 4. The van der Waals surface area contributed by atoms with Crippen LogP contribution in [0.1, 0.15) is 60.2 Å². The number of carbonyl (C=O) groups is 2. The molecule has 0 aliphatic carbocycles. The van der Waals surface area contributed by atoms with Gasteiger partial charge in [0.15, 0.2) is 0 Å². The van der Waals surface area contributed by atoms with E-state index in [1.54, 1.807) is 17.0 Å². The lowest BCUT2D eigenvalue weighted by atomic mass is 9.83. The minimum absolute atomic E-state index is 0.114. The number of rotatable bonds is 6. The van der Waals surface area contributed by atoms with Gasteiger partial charge in [-0.25, -0.2) is 14.0 Å². The largest absolute Gasteiger partial charge is 0.488 e. The van der Waals surface area contributed by atoms with Crippen LogP contribution >= 0.6 is 0 Å². The van der Waals surface area contributed by atoms with Crippen molar-refractivity contribution in [3.8, 4) is 5.75 Å². The standard InChI is InChI=1S/C34H34FNO5/c1-34(2,3)41-33(38)36(20-24-12-9-11-22-10-5-6-13-26(22)24)21-25-19-28(27-14-7-8-15-31(27)40-25)23-16-17-30(35)29(18-23)32(37)39-4/h5-18,25,28H,19-21H2,1-4H3. The van der Waals surface area contributed by atoms with Gasteiger partial charge in [0.1, 0.15) is 23.3 Å². The number of amides is 1. The zero-order valence-electron chi connectivity index (χ0n) is 23.7. The molecule has 0 N–H and O–H groups in total. The van der Waals surface area contributed by atoms with Crippen LogP contribution in [0.2, 0.25) is 0 Å². The molecule has 0 saturated carbocycles. The van der Waals surface area contributed by atoms with E-state index in [1.165, 1.54) is 13.2 Å². The second-order valence-corrected chi connectivity index (χ2v) is 11.3. The lowest BCUT2D eigenvalue weighted by molar-refractivity contribution is 0.0129. The molecule has 6 nitrogen and oxygen atoms in total. The third-order valence-electron chi connectivity index (χ3n) is 7.20. The predicted molar refractivity (Wildman–Crippen MR) is 156 cm³/mol. The summed E-state index contributed by atoms with van der Waals surface area (Å²) in [6.45, 7) is 6.15. The van der Waals surface area contributed by atoms with Gasteiger partial charge in [0.05, 0.1) is 19.2 Å². The van der Waals surface area contributed by atoms with E-state index < -0.39 is 23.5 Å². The van der Waals surface area contributed by atoms with Crippen LogP contribution in [-0.4, -0.2) is 42.3 Å². The summed E-state index contributed by atoms with van der Waals surface area (Å²) in [5.74, 6) is -0.866. The molecule has 7 heteroatoms. The van der Waals surface area contributed by atoms with Gasteiger partial charge >= 0.3 is 12.1 Å². The molecule has 4 aromatic carbocycles. The van der Waals surface area contributed by atoms with E-state index in [0.717, 1.165) is 27.5 Å². The lowest BCUT2D eigenvalue weighted by Crippen LogP contribution is -2.43. The topological polar surface area (TPSA) is 65.1 Å². The molecule has 0 saturated heterocycles. The normalized spacial score (nSPS) is 16.4. The van der Waals surface area contributed by atoms with E-state index in [9.17, 15) is 14.0 Å². The number of methoxy groups -OCH3 is 1. The van der Waals surface area contributed by atoms with Gasteiger partial charge in [-0.1, -0.05) is 66.7 Å². The fourth-order valence-corrected chi connectivity index (χ4v) is 5.36. The van der Waals surface area contributed by atoms with Gasteiger partial charge in [0.2, 0.25) is 0 Å². The first-order chi connectivity index (χ1) is 19.6. The van der Waals surface area contributed by atoms with Crippen molar-refractivity contribution >= 4 is 22.8 Å². The maximum atomic E-state index is 14.5. The number of esters is 1. The van der Waals surface area contributed by atoms with Crippen molar-refractivity contribution in [3.05, 3.63) is 113 Å². The molecule has 1 heterocycles. The van der Waals surface area contributed by atoms with Crippen LogP contribution in [0, 0.1) is 5.82 Å². The zero-order chi connectivity index (χ0) is 29.1. The lowest BCUT2D eigenvalue weighted by Gasteiger charge is -2.36. The quantitative estimate of drug-likeness (QED) is 0.231. The summed E-state index contributed by atoms with van der Waals surface area (Å²) in [5, 5.41) is 2.16. The predicted octanol–water partition coefficient (Wildman–Crippen LogP) is 7.49. The molecule has 2 unspecified atom stereocenters. The Morgan fingerprint density at radius 1 is 0.976 bits per heavy atom. The number of nitrogens with zero attached hydrogens (tertiary/aromatic N) is 1. The molecule has 41 heavy (non-hydrogen) atoms. The fraction of sp³-hybridized carbons (Fsp3) is 0.294. The average Bonchev–Trinajstić information content (AvgIpc) is 2.95. The first kappa shape index (κ1) is 28.1. The number of carbonyl (C=O) groups excluding carboxylic acids is 2. The Hall–Kier alpha value is -4.39. The summed E-state index contributed by atoms with van der Waals surface area (Å²) < 4.78 is 31.5. The number of hydrogen-bond acceptors (Lipinski definition) is 5. The molecule has 1 amide bonds. The Morgan fingerprint density at radius 3 is 2.49 bits per heavy atom. The maximum Gasteiger partial charge on any atom is 0.410 e. The van der Waals surface area contributed by atoms with Crippen LogP contribution in [0.15, 0.2) is 84.9 Å². The van der Waals surface area contributed by atoms with Crippen LogP contribution in [0.25, 0.3) is 10.8 Å². The van der Waals surface area contributed by atoms with Crippen LogP contribution < -0.4 is 4.74 Å². The minimum Gasteiger partial charge on any atom is -0.488 e. The Bertz CT molecular complexity index is 1570. The van der Waals surface area contributed by atoms with Crippen molar-refractivity contribution in [1.29, 1.82) is 0 Å². The summed E-state index contributed by atoms with van der Waals surface area (Å²) in [6, 6.07) is 26.3. The molecule has 0 spiro atoms. The van der Waals surface area contributed by atoms with Gasteiger partial charge < -0.3 is 19.1 Å². The fourth-order valence-electron chi connectivity index (χ4n) is 5.36. The van der Waals surface area contributed by atoms with Crippen molar-refractivity contribution in [3.63, 3.8) is 0 Å². The molecule has 0 radical (unpaired) electrons. The Balaban J connectivity index is 1.48. The van der Waals surface area contributed by atoms with Gasteiger partial charge in [-0.05, 0) is 67.3 Å². The summed E-state index contributed by atoms with van der Waals surface area (Å²) in [4.78, 5) is 27.4. The Labute approximate surface area is 239 Å². The highest BCUT2D eigenvalue weighted by molar-refractivity contribution is 5.90. The average molecular weight is 556 g/mol. The molecule has 5 rings (SSSR count). The molecule has 2 atom stereocenters. The van der Waals surface area contributed by atoms with Crippen molar-refractivity contribution in [2.24, 2.45) is 0 Å². The maximum absolute atomic E-state index is 14.5. The molecule has 1 aliphatic heterocycles. The second-order valence-electron chi connectivity index (χ2n) is 11.3. The van der Waals surface area contributed by atoms with Gasteiger partial charge in [0, 0.05) is 18.0 Å². The highest BCUT2D eigenvalue weighted by atomic mass is 19.1. The molecule has 0 bridgehead atoms. The van der Waals surface area contributed by atoms with Gasteiger partial charge in [0.25, 0.3) is 0 Å². The minimum atomic E-state index is -0.729. The first-order valence-electron chi connectivity index (χ1n) is 13.7. The number of halogens is 1. The van der Waals surface area contributed by atoms with Crippen LogP contribution in [0.3, 0.4) is 0 Å². The smallest absolute Gasteiger partial charge is 0.410 e. The van der Waals surface area contributed by atoms with Crippen LogP contribution in [0.4, 0.5) is 9.18 Å². The SMILES string of the molecule is COC(=O)c1cc(C2CC(CN(Cc3cccc4ccccc34)C(=O)OC(C)(C)C)Oc3ccccc32)ccc1F. The number of fused-ring (bicyclic) bond motifs is 2. The third kappa shape index (κ3) is 6.35. The highest BCUT2D eigenvalue weighted by Gasteiger charge is 2.33. The van der Waals surface area contributed by atoms with E-state index in [-0.39, 0.29) is 24.1 Å². The van der Waals surface area contributed by atoms with Gasteiger partial charge in [-0.15, -0.1) is 0 Å². The van der Waals surface area contributed by atoms with E-state index in [4.69, 9.17) is 14.2 Å². The van der Waals surface area contributed by atoms with Gasteiger partial charge in [-0.3, -0.25) is 0 Å². The highest BCUT2D eigenvalue weighted by Crippen LogP contribution is 2.41. The number of hydrogen-bond donors (Lipinski definition) is 0. The monoisotopic (exact) mass is 555 g/mol. The number of para-hydroxylation sites is 1. The van der Waals surface area contributed by atoms with Crippen molar-refractivity contribution < 1.29 is 28.2 Å². The van der Waals surface area contributed by atoms with Crippen molar-refractivity contribution in [1.82, 2.24) is 4.90 Å². The zero-order valence-corrected chi connectivity index (χ0v) is 23.7. The Morgan fingerprint density at radius 2 is 1.71 bits per heavy atom. The Kier molecular flexibility index (Phi) is 7.97. The van der Waals surface area contributed by atoms with E-state index >= 15 is 0 Å². The molecule has 0 fully saturated rings. The molecular formula is C34H34FNO5. The van der Waals surface area contributed by atoms with Crippen LogP contribution in [-0.2, 0) is 16.0 Å². The van der Waals surface area contributed by atoms with Crippen LogP contribution in [0.5, 0.6) is 5.75 Å². The first-order valence-corrected chi connectivity index (χ1v) is 13.7. The second kappa shape index (κ2) is 11.6. The molecule has 0 aromatic heterocycles. The van der Waals surface area contributed by atoms with E-state index in [0.29, 0.717) is 18.7 Å². The summed E-state index contributed by atoms with van der Waals surface area (Å²) in [7, 11) is 1.23. The number of ether oxygens (including phenoxy) is 3. The molecular weight excluding hydrogens is 521 g/mol. The van der Waals surface area contributed by atoms with Crippen molar-refractivity contribution in [2.75, 3.05) is 13.7 Å².